The Hall–Kier alpha value is -2.37. The van der Waals surface area contributed by atoms with Crippen LogP contribution in [0.25, 0.3) is 0 Å². The van der Waals surface area contributed by atoms with Gasteiger partial charge in [0.1, 0.15) is 0 Å². The van der Waals surface area contributed by atoms with Gasteiger partial charge in [-0.15, -0.1) is 0 Å². The number of aromatic nitrogens is 2. The van der Waals surface area contributed by atoms with Crippen molar-refractivity contribution in [1.82, 2.24) is 15.3 Å². The largest absolute Gasteiger partial charge is 0.362 e. The summed E-state index contributed by atoms with van der Waals surface area (Å²) in [4.78, 5) is 10.1. The Morgan fingerprint density at radius 3 is 2.50 bits per heavy atom. The van der Waals surface area contributed by atoms with Gasteiger partial charge in [0.25, 0.3) is 0 Å². The van der Waals surface area contributed by atoms with Gasteiger partial charge in [0.2, 0.25) is 0 Å². The Balaban J connectivity index is 1.85. The number of hydrogen-bond acceptors (Lipinski definition) is 2. The minimum atomic E-state index is -0.0340. The molecule has 4 rings (SSSR count). The number of anilines is 1. The molecule has 1 aliphatic heterocycles. The Labute approximate surface area is 163 Å². The molecule has 0 bridgehead atoms. The molecule has 132 valence electrons. The molecule has 0 amide bonds. The van der Waals surface area contributed by atoms with Crippen molar-refractivity contribution in [1.29, 1.82) is 0 Å². The van der Waals surface area contributed by atoms with Crippen LogP contribution in [-0.2, 0) is 0 Å². The summed E-state index contributed by atoms with van der Waals surface area (Å²) in [5.41, 5.74) is 5.45. The molecule has 1 fully saturated rings. The molecule has 26 heavy (non-hydrogen) atoms. The number of nitrogens with zero attached hydrogens (tertiary/aromatic N) is 2. The third kappa shape index (κ3) is 2.97. The third-order valence-electron chi connectivity index (χ3n) is 4.71. The van der Waals surface area contributed by atoms with Gasteiger partial charge in [-0.1, -0.05) is 17.7 Å². The fourth-order valence-corrected chi connectivity index (χ4v) is 4.08. The van der Waals surface area contributed by atoms with E-state index in [1.165, 1.54) is 5.56 Å². The number of rotatable bonds is 3. The fraction of sp³-hybridized carbons (Fsp3) is 0.200. The first-order valence-electron chi connectivity index (χ1n) is 8.47. The zero-order valence-electron chi connectivity index (χ0n) is 14.5. The number of aromatic amines is 1. The van der Waals surface area contributed by atoms with E-state index < -0.39 is 0 Å². The first kappa shape index (κ1) is 17.1. The topological polar surface area (TPSA) is 44.0 Å². The van der Waals surface area contributed by atoms with Crippen LogP contribution >= 0.6 is 23.8 Å². The Kier molecular flexibility index (Phi) is 4.42. The highest BCUT2D eigenvalue weighted by Gasteiger charge is 2.41. The lowest BCUT2D eigenvalue weighted by molar-refractivity contribution is 0.566. The average Bonchev–Trinajstić information content (AvgIpc) is 3.15. The lowest BCUT2D eigenvalue weighted by atomic mass is 9.96. The Bertz CT molecular complexity index is 936. The van der Waals surface area contributed by atoms with Crippen molar-refractivity contribution < 1.29 is 0 Å². The van der Waals surface area contributed by atoms with Crippen LogP contribution in [0, 0.1) is 13.8 Å². The SMILES string of the molecule is Cc1cc([C@H]2[C@H](c3ccccn3)NC(=S)N2c2ccc(Cl)cc2)c(C)[nH]1. The molecule has 0 spiro atoms. The number of halogens is 1. The van der Waals surface area contributed by atoms with E-state index in [4.69, 9.17) is 23.8 Å². The van der Waals surface area contributed by atoms with Gasteiger partial charge < -0.3 is 15.2 Å². The maximum Gasteiger partial charge on any atom is 0.174 e. The summed E-state index contributed by atoms with van der Waals surface area (Å²) in [5.74, 6) is 0. The van der Waals surface area contributed by atoms with Crippen LogP contribution in [0.15, 0.2) is 54.7 Å². The van der Waals surface area contributed by atoms with Crippen molar-refractivity contribution in [3.8, 4) is 0 Å². The van der Waals surface area contributed by atoms with Gasteiger partial charge >= 0.3 is 0 Å². The standard InChI is InChI=1S/C20H19ClN4S/c1-12-11-16(13(2)23-12)19-18(17-5-3-4-10-22-17)24-20(26)25(19)15-8-6-14(21)7-9-15/h3-11,18-19,23H,1-2H3,(H,24,26)/t18-,19-/m0/s1. The summed E-state index contributed by atoms with van der Waals surface area (Å²) in [6.07, 6.45) is 1.82. The predicted molar refractivity (Wildman–Crippen MR) is 110 cm³/mol. The van der Waals surface area contributed by atoms with Crippen molar-refractivity contribution in [2.24, 2.45) is 0 Å². The number of aryl methyl sites for hydroxylation is 2. The van der Waals surface area contributed by atoms with Gasteiger partial charge in [-0.25, -0.2) is 0 Å². The summed E-state index contributed by atoms with van der Waals surface area (Å²) in [6.45, 7) is 4.17. The van der Waals surface area contributed by atoms with Crippen molar-refractivity contribution >= 4 is 34.6 Å². The van der Waals surface area contributed by atoms with E-state index in [1.54, 1.807) is 0 Å². The smallest absolute Gasteiger partial charge is 0.174 e. The van der Waals surface area contributed by atoms with Gasteiger partial charge in [0.15, 0.2) is 5.11 Å². The molecule has 1 saturated heterocycles. The minimum Gasteiger partial charge on any atom is -0.362 e. The number of thiocarbonyl (C=S) groups is 1. The van der Waals surface area contributed by atoms with E-state index in [0.29, 0.717) is 10.1 Å². The predicted octanol–water partition coefficient (Wildman–Crippen LogP) is 4.86. The first-order valence-corrected chi connectivity index (χ1v) is 9.25. The lowest BCUT2D eigenvalue weighted by Gasteiger charge is -2.28. The van der Waals surface area contributed by atoms with E-state index in [2.05, 4.69) is 40.1 Å². The highest BCUT2D eigenvalue weighted by Crippen LogP contribution is 2.42. The van der Waals surface area contributed by atoms with Gasteiger partial charge in [0.05, 0.1) is 17.8 Å². The van der Waals surface area contributed by atoms with Gasteiger partial charge in [-0.3, -0.25) is 4.98 Å². The fourth-order valence-electron chi connectivity index (χ4n) is 3.60. The van der Waals surface area contributed by atoms with Crippen molar-refractivity contribution in [2.45, 2.75) is 25.9 Å². The summed E-state index contributed by atoms with van der Waals surface area (Å²) < 4.78 is 0. The summed E-state index contributed by atoms with van der Waals surface area (Å²) >= 11 is 11.8. The maximum atomic E-state index is 6.08. The molecule has 2 atom stereocenters. The van der Waals surface area contributed by atoms with E-state index >= 15 is 0 Å². The molecule has 4 nitrogen and oxygen atoms in total. The molecule has 0 radical (unpaired) electrons. The number of nitrogens with one attached hydrogen (secondary N) is 2. The van der Waals surface area contributed by atoms with Crippen LogP contribution in [0.2, 0.25) is 5.02 Å². The van der Waals surface area contributed by atoms with Crippen LogP contribution in [0.3, 0.4) is 0 Å². The molecule has 2 aromatic heterocycles. The van der Waals surface area contributed by atoms with E-state index in [9.17, 15) is 0 Å². The molecule has 2 N–H and O–H groups in total. The van der Waals surface area contributed by atoms with Gasteiger partial charge in [-0.2, -0.15) is 0 Å². The monoisotopic (exact) mass is 382 g/mol. The second-order valence-corrected chi connectivity index (χ2v) is 7.33. The molecule has 1 aromatic carbocycles. The minimum absolute atomic E-state index is 0.00326. The van der Waals surface area contributed by atoms with Crippen molar-refractivity contribution in [3.05, 3.63) is 82.4 Å². The number of pyridine rings is 1. The van der Waals surface area contributed by atoms with Crippen LogP contribution in [0.4, 0.5) is 5.69 Å². The summed E-state index contributed by atoms with van der Waals surface area (Å²) in [6, 6.07) is 15.9. The molecule has 3 heterocycles. The number of benzene rings is 1. The molecule has 6 heteroatoms. The highest BCUT2D eigenvalue weighted by atomic mass is 35.5. The summed E-state index contributed by atoms with van der Waals surface area (Å²) in [5, 5.41) is 4.86. The molecular weight excluding hydrogens is 364 g/mol. The van der Waals surface area contributed by atoms with E-state index in [1.807, 2.05) is 48.7 Å². The maximum absolute atomic E-state index is 6.08. The Morgan fingerprint density at radius 1 is 1.12 bits per heavy atom. The molecule has 0 saturated carbocycles. The Morgan fingerprint density at radius 2 is 1.88 bits per heavy atom. The quantitative estimate of drug-likeness (QED) is 0.635. The normalized spacial score (nSPS) is 19.7. The van der Waals surface area contributed by atoms with Gasteiger partial charge in [-0.05, 0) is 74.1 Å². The van der Waals surface area contributed by atoms with E-state index in [0.717, 1.165) is 22.8 Å². The zero-order chi connectivity index (χ0) is 18.3. The van der Waals surface area contributed by atoms with Crippen molar-refractivity contribution in [3.63, 3.8) is 0 Å². The average molecular weight is 383 g/mol. The highest BCUT2D eigenvalue weighted by molar-refractivity contribution is 7.80. The summed E-state index contributed by atoms with van der Waals surface area (Å²) in [7, 11) is 0. The zero-order valence-corrected chi connectivity index (χ0v) is 16.1. The van der Waals surface area contributed by atoms with Crippen LogP contribution < -0.4 is 10.2 Å². The van der Waals surface area contributed by atoms with Crippen LogP contribution in [-0.4, -0.2) is 15.1 Å². The molecule has 0 aliphatic carbocycles. The second kappa shape index (κ2) is 6.74. The second-order valence-electron chi connectivity index (χ2n) is 6.51. The van der Waals surface area contributed by atoms with Crippen LogP contribution in [0.1, 0.15) is 34.7 Å². The van der Waals surface area contributed by atoms with Crippen LogP contribution in [0.5, 0.6) is 0 Å². The van der Waals surface area contributed by atoms with Crippen molar-refractivity contribution in [2.75, 3.05) is 4.90 Å². The number of hydrogen-bond donors (Lipinski definition) is 2. The first-order chi connectivity index (χ1) is 12.5. The van der Waals surface area contributed by atoms with Gasteiger partial charge in [0, 0.05) is 28.3 Å². The molecule has 3 aromatic rings. The molecular formula is C20H19ClN4S. The lowest BCUT2D eigenvalue weighted by Crippen LogP contribution is -2.29. The molecule has 0 unspecified atom stereocenters. The third-order valence-corrected chi connectivity index (χ3v) is 5.28. The van der Waals surface area contributed by atoms with E-state index in [-0.39, 0.29) is 12.1 Å². The number of H-pyrrole nitrogens is 1. The molecule has 1 aliphatic rings.